The molecule has 1 aliphatic heterocycles. The Balaban J connectivity index is 1.43. The van der Waals surface area contributed by atoms with Gasteiger partial charge in [-0.15, -0.1) is 22.7 Å². The summed E-state index contributed by atoms with van der Waals surface area (Å²) in [6.45, 7) is 6.75. The fraction of sp³-hybridized carbons (Fsp3) is 0.360. The van der Waals surface area contributed by atoms with Gasteiger partial charge < -0.3 is 15.0 Å². The number of fused-ring (bicyclic) bond motifs is 1. The Hall–Kier alpha value is -2.41. The van der Waals surface area contributed by atoms with Crippen LogP contribution in [0.3, 0.4) is 0 Å². The van der Waals surface area contributed by atoms with Gasteiger partial charge in [0.2, 0.25) is 10.0 Å². The zero-order valence-electron chi connectivity index (χ0n) is 20.3. The number of hydrogen-bond acceptors (Lipinski definition) is 9. The van der Waals surface area contributed by atoms with Gasteiger partial charge in [0, 0.05) is 48.5 Å². The summed E-state index contributed by atoms with van der Waals surface area (Å²) in [6, 6.07) is 12.7. The molecular formula is C25H29N5O3S3. The van der Waals surface area contributed by atoms with Gasteiger partial charge in [-0.1, -0.05) is 23.8 Å². The molecule has 0 radical (unpaired) electrons. The van der Waals surface area contributed by atoms with E-state index in [-0.39, 0.29) is 0 Å². The van der Waals surface area contributed by atoms with E-state index in [0.29, 0.717) is 32.8 Å². The lowest BCUT2D eigenvalue weighted by Crippen LogP contribution is -2.36. The fourth-order valence-electron chi connectivity index (χ4n) is 4.15. The summed E-state index contributed by atoms with van der Waals surface area (Å²) in [7, 11) is -3.18. The van der Waals surface area contributed by atoms with Crippen molar-refractivity contribution in [2.24, 2.45) is 0 Å². The second-order valence-electron chi connectivity index (χ2n) is 8.80. The van der Waals surface area contributed by atoms with Crippen LogP contribution in [0.25, 0.3) is 32.2 Å². The van der Waals surface area contributed by atoms with E-state index in [2.05, 4.69) is 63.6 Å². The van der Waals surface area contributed by atoms with Crippen LogP contribution in [0.1, 0.15) is 10.4 Å². The first-order chi connectivity index (χ1) is 17.4. The Morgan fingerprint density at radius 3 is 2.69 bits per heavy atom. The average molecular weight is 544 g/mol. The van der Waals surface area contributed by atoms with Gasteiger partial charge in [0.05, 0.1) is 41.1 Å². The van der Waals surface area contributed by atoms with Crippen LogP contribution < -0.4 is 14.9 Å². The predicted molar refractivity (Wildman–Crippen MR) is 148 cm³/mol. The number of aryl methyl sites for hydroxylation is 1. The van der Waals surface area contributed by atoms with Gasteiger partial charge in [-0.05, 0) is 25.1 Å². The quantitative estimate of drug-likeness (QED) is 0.309. The third-order valence-corrected chi connectivity index (χ3v) is 8.63. The molecule has 0 saturated carbocycles. The van der Waals surface area contributed by atoms with E-state index in [1.54, 1.807) is 22.7 Å². The normalized spacial score (nSPS) is 14.6. The van der Waals surface area contributed by atoms with E-state index in [0.717, 1.165) is 50.1 Å². The minimum Gasteiger partial charge on any atom is -0.378 e. The molecule has 0 aliphatic carbocycles. The van der Waals surface area contributed by atoms with E-state index in [1.807, 2.05) is 0 Å². The van der Waals surface area contributed by atoms with E-state index >= 15 is 0 Å². The van der Waals surface area contributed by atoms with Crippen molar-refractivity contribution in [2.75, 3.05) is 50.5 Å². The Bertz CT molecular complexity index is 1460. The maximum absolute atomic E-state index is 11.3. The number of aromatic nitrogens is 2. The van der Waals surface area contributed by atoms with E-state index in [4.69, 9.17) is 14.7 Å². The highest BCUT2D eigenvalue weighted by molar-refractivity contribution is 7.88. The van der Waals surface area contributed by atoms with Crippen LogP contribution in [0, 0.1) is 6.92 Å². The number of nitrogens with one attached hydrogen (secondary N) is 2. The number of ether oxygens (including phenoxy) is 1. The Morgan fingerprint density at radius 2 is 1.92 bits per heavy atom. The molecule has 0 amide bonds. The van der Waals surface area contributed by atoms with Crippen molar-refractivity contribution in [3.05, 3.63) is 52.2 Å². The van der Waals surface area contributed by atoms with Crippen molar-refractivity contribution >= 4 is 48.6 Å². The number of rotatable bonds is 9. The number of benzene rings is 1. The first-order valence-corrected chi connectivity index (χ1v) is 15.4. The molecule has 1 saturated heterocycles. The van der Waals surface area contributed by atoms with Crippen LogP contribution in [-0.2, 0) is 21.3 Å². The minimum atomic E-state index is -3.18. The summed E-state index contributed by atoms with van der Waals surface area (Å²) in [4.78, 5) is 13.5. The van der Waals surface area contributed by atoms with Crippen molar-refractivity contribution in [3.8, 4) is 22.0 Å². The van der Waals surface area contributed by atoms with Crippen LogP contribution in [0.2, 0.25) is 0 Å². The molecule has 4 aromatic rings. The highest BCUT2D eigenvalue weighted by Gasteiger charge is 2.20. The monoisotopic (exact) mass is 543 g/mol. The van der Waals surface area contributed by atoms with Gasteiger partial charge in [0.25, 0.3) is 0 Å². The SMILES string of the molecule is Cc1cccc(-c2nc(-c3cc(N4CCOCC4)c4sc(CNCCNS(C)(=O)=O)cc4n3)cs2)c1. The molecule has 3 aromatic heterocycles. The largest absolute Gasteiger partial charge is 0.378 e. The van der Waals surface area contributed by atoms with Crippen LogP contribution in [0.15, 0.2) is 41.8 Å². The molecule has 11 heteroatoms. The number of hydrogen-bond donors (Lipinski definition) is 2. The highest BCUT2D eigenvalue weighted by Crippen LogP contribution is 2.38. The average Bonchev–Trinajstić information content (AvgIpc) is 3.50. The van der Waals surface area contributed by atoms with Crippen LogP contribution in [0.4, 0.5) is 5.69 Å². The van der Waals surface area contributed by atoms with Gasteiger partial charge in [-0.2, -0.15) is 0 Å². The Kier molecular flexibility index (Phi) is 7.65. The molecule has 2 N–H and O–H groups in total. The molecule has 0 spiro atoms. The molecule has 36 heavy (non-hydrogen) atoms. The topological polar surface area (TPSA) is 96.5 Å². The van der Waals surface area contributed by atoms with E-state index in [9.17, 15) is 8.42 Å². The first kappa shape index (κ1) is 25.2. The summed E-state index contributed by atoms with van der Waals surface area (Å²) in [5, 5.41) is 6.39. The molecule has 190 valence electrons. The number of thiophene rings is 1. The van der Waals surface area contributed by atoms with Crippen LogP contribution in [0.5, 0.6) is 0 Å². The van der Waals surface area contributed by atoms with Gasteiger partial charge in [0.15, 0.2) is 0 Å². The predicted octanol–water partition coefficient (Wildman–Crippen LogP) is 3.87. The summed E-state index contributed by atoms with van der Waals surface area (Å²) in [6.07, 6.45) is 1.17. The lowest BCUT2D eigenvalue weighted by molar-refractivity contribution is 0.123. The number of nitrogens with zero attached hydrogens (tertiary/aromatic N) is 3. The van der Waals surface area contributed by atoms with Crippen molar-refractivity contribution in [1.29, 1.82) is 0 Å². The van der Waals surface area contributed by atoms with Crippen molar-refractivity contribution < 1.29 is 13.2 Å². The maximum atomic E-state index is 11.3. The zero-order valence-corrected chi connectivity index (χ0v) is 22.7. The molecule has 1 fully saturated rings. The molecule has 4 heterocycles. The van der Waals surface area contributed by atoms with Crippen molar-refractivity contribution in [3.63, 3.8) is 0 Å². The smallest absolute Gasteiger partial charge is 0.208 e. The van der Waals surface area contributed by atoms with E-state index in [1.165, 1.54) is 17.5 Å². The number of pyridine rings is 1. The second-order valence-corrected chi connectivity index (χ2v) is 12.6. The summed E-state index contributed by atoms with van der Waals surface area (Å²) in [5.74, 6) is 0. The van der Waals surface area contributed by atoms with E-state index < -0.39 is 10.0 Å². The molecule has 0 unspecified atom stereocenters. The Morgan fingerprint density at radius 1 is 1.08 bits per heavy atom. The molecule has 0 bridgehead atoms. The molecule has 8 nitrogen and oxygen atoms in total. The molecule has 1 aliphatic rings. The molecule has 1 aromatic carbocycles. The standard InChI is InChI=1S/C25H29N5O3S3/c1-17-4-3-5-18(12-17)25-29-22(16-34-25)20-14-23(30-8-10-33-11-9-30)24-21(28-20)13-19(35-24)15-26-6-7-27-36(2,31)32/h3-5,12-14,16,26-27H,6-11,15H2,1-2H3. The number of thiazole rings is 1. The van der Waals surface area contributed by atoms with Crippen molar-refractivity contribution in [2.45, 2.75) is 13.5 Å². The number of sulfonamides is 1. The van der Waals surface area contributed by atoms with Gasteiger partial charge in [-0.25, -0.2) is 23.1 Å². The summed E-state index contributed by atoms with van der Waals surface area (Å²) in [5.41, 5.74) is 6.20. The summed E-state index contributed by atoms with van der Waals surface area (Å²) >= 11 is 3.36. The lowest BCUT2D eigenvalue weighted by atomic mass is 10.1. The highest BCUT2D eigenvalue weighted by atomic mass is 32.2. The minimum absolute atomic E-state index is 0.359. The third-order valence-electron chi connectivity index (χ3n) is 5.86. The van der Waals surface area contributed by atoms with Gasteiger partial charge >= 0.3 is 0 Å². The zero-order chi connectivity index (χ0) is 25.1. The molecule has 0 atom stereocenters. The van der Waals surface area contributed by atoms with Gasteiger partial charge in [0.1, 0.15) is 10.7 Å². The second kappa shape index (κ2) is 10.9. The summed E-state index contributed by atoms with van der Waals surface area (Å²) < 4.78 is 31.8. The third kappa shape index (κ3) is 6.10. The number of anilines is 1. The lowest BCUT2D eigenvalue weighted by Gasteiger charge is -2.29. The molecule has 5 rings (SSSR count). The first-order valence-electron chi connectivity index (χ1n) is 11.8. The Labute approximate surface area is 219 Å². The van der Waals surface area contributed by atoms with Crippen LogP contribution >= 0.6 is 22.7 Å². The number of morpholine rings is 1. The van der Waals surface area contributed by atoms with Gasteiger partial charge in [-0.3, -0.25) is 0 Å². The van der Waals surface area contributed by atoms with Crippen molar-refractivity contribution in [1.82, 2.24) is 20.0 Å². The fourth-order valence-corrected chi connectivity index (χ4v) is 6.54. The maximum Gasteiger partial charge on any atom is 0.208 e. The van der Waals surface area contributed by atoms with Crippen LogP contribution in [-0.4, -0.2) is 64.0 Å². The molecular weight excluding hydrogens is 515 g/mol.